The van der Waals surface area contributed by atoms with Crippen molar-refractivity contribution in [1.82, 2.24) is 15.5 Å². The van der Waals surface area contributed by atoms with Crippen molar-refractivity contribution in [2.45, 2.75) is 12.5 Å². The molecule has 0 aliphatic carbocycles. The maximum Gasteiger partial charge on any atom is 0.191 e. The zero-order valence-electron chi connectivity index (χ0n) is 14.7. The lowest BCUT2D eigenvalue weighted by atomic mass is 10.0. The molecule has 0 aliphatic heterocycles. The van der Waals surface area contributed by atoms with Crippen LogP contribution in [0.3, 0.4) is 0 Å². The molecule has 1 atom stereocenters. The Morgan fingerprint density at radius 3 is 2.44 bits per heavy atom. The molecule has 0 radical (unpaired) electrons. The molecule has 0 fully saturated rings. The number of rotatable bonds is 7. The van der Waals surface area contributed by atoms with Gasteiger partial charge < -0.3 is 20.0 Å². The van der Waals surface area contributed by atoms with E-state index in [1.165, 1.54) is 18.2 Å². The fraction of sp³-hybridized carbons (Fsp3) is 0.389. The molecular weight excluding hydrogens is 326 g/mol. The topological polar surface area (TPSA) is 52.8 Å². The average Bonchev–Trinajstić information content (AvgIpc) is 3.08. The first-order chi connectivity index (χ1) is 12.0. The molecule has 5 nitrogen and oxygen atoms in total. The summed E-state index contributed by atoms with van der Waals surface area (Å²) in [6.45, 7) is 0.944. The maximum atomic E-state index is 14.1. The highest BCUT2D eigenvalue weighted by molar-refractivity contribution is 5.79. The second kappa shape index (κ2) is 9.17. The smallest absolute Gasteiger partial charge is 0.191 e. The lowest BCUT2D eigenvalue weighted by Gasteiger charge is -2.26. The molecule has 0 amide bonds. The first-order valence-corrected chi connectivity index (χ1v) is 8.10. The number of halogens is 2. The molecule has 136 valence electrons. The van der Waals surface area contributed by atoms with Crippen molar-refractivity contribution >= 4 is 5.96 Å². The Morgan fingerprint density at radius 1 is 1.16 bits per heavy atom. The molecule has 0 saturated carbocycles. The number of aliphatic imine (C=N–C) groups is 1. The highest BCUT2D eigenvalue weighted by atomic mass is 19.1. The van der Waals surface area contributed by atoms with Crippen molar-refractivity contribution in [2.75, 3.05) is 34.2 Å². The Kier molecular flexibility index (Phi) is 6.94. The van der Waals surface area contributed by atoms with Crippen molar-refractivity contribution < 1.29 is 13.2 Å². The number of guanidine groups is 1. The summed E-state index contributed by atoms with van der Waals surface area (Å²) < 4.78 is 33.4. The van der Waals surface area contributed by atoms with Crippen LogP contribution in [0.15, 0.2) is 46.0 Å². The van der Waals surface area contributed by atoms with E-state index in [0.29, 0.717) is 25.5 Å². The third-order valence-corrected chi connectivity index (χ3v) is 3.89. The number of nitrogens with zero attached hydrogens (tertiary/aromatic N) is 2. The third kappa shape index (κ3) is 5.29. The molecule has 25 heavy (non-hydrogen) atoms. The molecule has 0 saturated heterocycles. The molecule has 1 aromatic carbocycles. The Bertz CT molecular complexity index is 666. The van der Waals surface area contributed by atoms with Gasteiger partial charge in [0.15, 0.2) is 5.96 Å². The van der Waals surface area contributed by atoms with E-state index in [1.54, 1.807) is 32.3 Å². The van der Waals surface area contributed by atoms with Crippen molar-refractivity contribution in [3.63, 3.8) is 0 Å². The van der Waals surface area contributed by atoms with E-state index in [2.05, 4.69) is 15.6 Å². The molecule has 0 bridgehead atoms. The summed E-state index contributed by atoms with van der Waals surface area (Å²) in [4.78, 5) is 5.90. The van der Waals surface area contributed by atoms with Crippen LogP contribution in [0, 0.1) is 11.6 Å². The second-order valence-electron chi connectivity index (χ2n) is 5.82. The van der Waals surface area contributed by atoms with E-state index in [0.717, 1.165) is 5.76 Å². The van der Waals surface area contributed by atoms with Gasteiger partial charge in [-0.25, -0.2) is 8.78 Å². The van der Waals surface area contributed by atoms with Crippen molar-refractivity contribution in [3.05, 3.63) is 59.6 Å². The maximum absolute atomic E-state index is 14.1. The van der Waals surface area contributed by atoms with Crippen LogP contribution in [0.1, 0.15) is 17.4 Å². The molecule has 1 unspecified atom stereocenters. The minimum atomic E-state index is -0.554. The van der Waals surface area contributed by atoms with Gasteiger partial charge in [0.2, 0.25) is 0 Å². The second-order valence-corrected chi connectivity index (χ2v) is 5.82. The normalized spacial score (nSPS) is 13.1. The lowest BCUT2D eigenvalue weighted by Crippen LogP contribution is -2.42. The van der Waals surface area contributed by atoms with E-state index in [9.17, 15) is 8.78 Å². The molecule has 0 spiro atoms. The van der Waals surface area contributed by atoms with Crippen molar-refractivity contribution in [2.24, 2.45) is 4.99 Å². The zero-order valence-corrected chi connectivity index (χ0v) is 14.7. The van der Waals surface area contributed by atoms with Crippen LogP contribution >= 0.6 is 0 Å². The zero-order chi connectivity index (χ0) is 18.2. The summed E-state index contributed by atoms with van der Waals surface area (Å²) in [5, 5.41) is 6.27. The van der Waals surface area contributed by atoms with Crippen LogP contribution in [-0.4, -0.2) is 45.1 Å². The van der Waals surface area contributed by atoms with Gasteiger partial charge in [-0.05, 0) is 38.4 Å². The van der Waals surface area contributed by atoms with Gasteiger partial charge in [-0.15, -0.1) is 0 Å². The summed E-state index contributed by atoms with van der Waals surface area (Å²) >= 11 is 0. The van der Waals surface area contributed by atoms with Gasteiger partial charge in [0.1, 0.15) is 17.4 Å². The minimum absolute atomic E-state index is 0.0473. The number of benzene rings is 1. The van der Waals surface area contributed by atoms with E-state index in [-0.39, 0.29) is 5.56 Å². The Balaban J connectivity index is 1.95. The first-order valence-electron chi connectivity index (χ1n) is 8.10. The van der Waals surface area contributed by atoms with Crippen molar-refractivity contribution in [1.29, 1.82) is 0 Å². The van der Waals surface area contributed by atoms with Gasteiger partial charge >= 0.3 is 0 Å². The van der Waals surface area contributed by atoms with Crippen molar-refractivity contribution in [3.8, 4) is 0 Å². The third-order valence-electron chi connectivity index (χ3n) is 3.89. The van der Waals surface area contributed by atoms with Gasteiger partial charge in [0, 0.05) is 32.1 Å². The molecule has 0 aliphatic rings. The SMILES string of the molecule is CN=C(NCCc1ccco1)NCC(c1c(F)cccc1F)N(C)C. The average molecular weight is 350 g/mol. The standard InChI is InChI=1S/C18H24F2N4O/c1-21-18(22-10-9-13-6-5-11-25-13)23-12-16(24(2)3)17-14(19)7-4-8-15(17)20/h4-8,11,16H,9-10,12H2,1-3H3,(H2,21,22,23). The Labute approximate surface area is 146 Å². The molecule has 1 heterocycles. The fourth-order valence-electron chi connectivity index (χ4n) is 2.54. The molecule has 1 aromatic heterocycles. The molecule has 2 aromatic rings. The summed E-state index contributed by atoms with van der Waals surface area (Å²) in [6.07, 6.45) is 2.35. The minimum Gasteiger partial charge on any atom is -0.469 e. The fourth-order valence-corrected chi connectivity index (χ4v) is 2.54. The van der Waals surface area contributed by atoms with E-state index < -0.39 is 17.7 Å². The molecular formula is C18H24F2N4O. The van der Waals surface area contributed by atoms with Crippen LogP contribution < -0.4 is 10.6 Å². The summed E-state index contributed by atoms with van der Waals surface area (Å²) in [5.74, 6) is 0.334. The number of nitrogens with one attached hydrogen (secondary N) is 2. The summed E-state index contributed by atoms with van der Waals surface area (Å²) in [6, 6.07) is 7.18. The monoisotopic (exact) mass is 350 g/mol. The molecule has 2 rings (SSSR count). The van der Waals surface area contributed by atoms with Gasteiger partial charge in [-0.3, -0.25) is 4.99 Å². The lowest BCUT2D eigenvalue weighted by molar-refractivity contribution is 0.282. The van der Waals surface area contributed by atoms with E-state index in [4.69, 9.17) is 4.42 Å². The van der Waals surface area contributed by atoms with Gasteiger partial charge in [0.25, 0.3) is 0 Å². The summed E-state index contributed by atoms with van der Waals surface area (Å²) in [7, 11) is 5.22. The van der Waals surface area contributed by atoms with E-state index in [1.807, 2.05) is 12.1 Å². The quantitative estimate of drug-likeness (QED) is 0.595. The summed E-state index contributed by atoms with van der Waals surface area (Å²) in [5.41, 5.74) is 0.0473. The van der Waals surface area contributed by atoms with Gasteiger partial charge in [-0.1, -0.05) is 6.07 Å². The van der Waals surface area contributed by atoms with Crippen LogP contribution in [0.5, 0.6) is 0 Å². The van der Waals surface area contributed by atoms with Crippen LogP contribution in [0.4, 0.5) is 8.78 Å². The van der Waals surface area contributed by atoms with Crippen LogP contribution in [0.25, 0.3) is 0 Å². The van der Waals surface area contributed by atoms with Gasteiger partial charge in [-0.2, -0.15) is 0 Å². The molecule has 7 heteroatoms. The number of furan rings is 1. The Morgan fingerprint density at radius 2 is 1.88 bits per heavy atom. The van der Waals surface area contributed by atoms with E-state index >= 15 is 0 Å². The first kappa shape index (κ1) is 18.9. The highest BCUT2D eigenvalue weighted by Gasteiger charge is 2.22. The molecule has 2 N–H and O–H groups in total. The number of hydrogen-bond donors (Lipinski definition) is 2. The number of hydrogen-bond acceptors (Lipinski definition) is 3. The number of likely N-dealkylation sites (N-methyl/N-ethyl adjacent to an activating group) is 1. The van der Waals surface area contributed by atoms with Gasteiger partial charge in [0.05, 0.1) is 12.3 Å². The highest BCUT2D eigenvalue weighted by Crippen LogP contribution is 2.23. The predicted molar refractivity (Wildman–Crippen MR) is 94.6 cm³/mol. The van der Waals surface area contributed by atoms with Crippen LogP contribution in [-0.2, 0) is 6.42 Å². The largest absolute Gasteiger partial charge is 0.469 e. The Hall–Kier alpha value is -2.41. The predicted octanol–water partition coefficient (Wildman–Crippen LogP) is 2.57. The van der Waals surface area contributed by atoms with Crippen LogP contribution in [0.2, 0.25) is 0 Å².